The molecule has 2 atom stereocenters. The molecule has 0 aliphatic rings. The molecule has 0 aromatic carbocycles. The maximum Gasteiger partial charge on any atom is 0.122 e. The fourth-order valence-electron chi connectivity index (χ4n) is 1.78. The summed E-state index contributed by atoms with van der Waals surface area (Å²) in [4.78, 5) is 0. The molecule has 0 saturated carbocycles. The van der Waals surface area contributed by atoms with E-state index in [-0.39, 0.29) is 12.1 Å². The molecule has 17 heavy (non-hydrogen) atoms. The van der Waals surface area contributed by atoms with Crippen LogP contribution in [0.15, 0.2) is 16.5 Å². The largest absolute Gasteiger partial charge is 0.464 e. The zero-order valence-corrected chi connectivity index (χ0v) is 10.7. The molecular formula is C14H22N2O. The first kappa shape index (κ1) is 13.8. The Labute approximate surface area is 104 Å². The lowest BCUT2D eigenvalue weighted by atomic mass is 10.1. The van der Waals surface area contributed by atoms with E-state index in [1.165, 1.54) is 0 Å². The van der Waals surface area contributed by atoms with E-state index in [0.29, 0.717) is 6.54 Å². The van der Waals surface area contributed by atoms with Crippen LogP contribution in [0.3, 0.4) is 0 Å². The van der Waals surface area contributed by atoms with Gasteiger partial charge in [0.25, 0.3) is 0 Å². The second-order valence-electron chi connectivity index (χ2n) is 4.12. The van der Waals surface area contributed by atoms with Crippen LogP contribution in [0.1, 0.15) is 44.3 Å². The molecule has 0 bridgehead atoms. The van der Waals surface area contributed by atoms with Crippen LogP contribution >= 0.6 is 0 Å². The van der Waals surface area contributed by atoms with E-state index in [2.05, 4.69) is 25.1 Å². The average molecular weight is 234 g/mol. The van der Waals surface area contributed by atoms with Crippen molar-refractivity contribution >= 4 is 0 Å². The van der Waals surface area contributed by atoms with Crippen molar-refractivity contribution in [1.82, 2.24) is 5.32 Å². The summed E-state index contributed by atoms with van der Waals surface area (Å²) in [6, 6.07) is 4.03. The van der Waals surface area contributed by atoms with Crippen molar-refractivity contribution in [3.05, 3.63) is 23.7 Å². The van der Waals surface area contributed by atoms with Crippen molar-refractivity contribution in [2.24, 2.45) is 5.73 Å². The van der Waals surface area contributed by atoms with Gasteiger partial charge in [0.1, 0.15) is 11.5 Å². The minimum absolute atomic E-state index is 0.00269. The topological polar surface area (TPSA) is 51.2 Å². The summed E-state index contributed by atoms with van der Waals surface area (Å²) >= 11 is 0. The maximum atomic E-state index is 5.76. The molecule has 2 unspecified atom stereocenters. The van der Waals surface area contributed by atoms with Gasteiger partial charge in [-0.2, -0.15) is 0 Å². The molecule has 1 aromatic rings. The molecule has 3 heteroatoms. The van der Waals surface area contributed by atoms with Crippen LogP contribution in [0.5, 0.6) is 0 Å². The van der Waals surface area contributed by atoms with Gasteiger partial charge >= 0.3 is 0 Å². The van der Waals surface area contributed by atoms with E-state index < -0.39 is 0 Å². The Bertz CT molecular complexity index is 365. The molecule has 0 aliphatic heterocycles. The molecule has 0 radical (unpaired) electrons. The number of furan rings is 1. The highest BCUT2D eigenvalue weighted by Gasteiger charge is 2.16. The van der Waals surface area contributed by atoms with Crippen LogP contribution in [0.25, 0.3) is 0 Å². The third-order valence-corrected chi connectivity index (χ3v) is 2.79. The molecule has 0 saturated heterocycles. The summed E-state index contributed by atoms with van der Waals surface area (Å²) in [6.45, 7) is 4.67. The lowest BCUT2D eigenvalue weighted by Crippen LogP contribution is -2.35. The molecule has 3 N–H and O–H groups in total. The zero-order valence-electron chi connectivity index (χ0n) is 10.7. The number of rotatable bonds is 7. The van der Waals surface area contributed by atoms with Crippen LogP contribution in [-0.2, 0) is 6.42 Å². The molecule has 3 nitrogen and oxygen atoms in total. The summed E-state index contributed by atoms with van der Waals surface area (Å²) < 4.78 is 5.70. The SMILES string of the molecule is C#CC(CCC)NC(CN)c1ccc(CC)o1. The normalized spacial score (nSPS) is 14.2. The van der Waals surface area contributed by atoms with E-state index in [1.54, 1.807) is 0 Å². The maximum absolute atomic E-state index is 5.76. The zero-order chi connectivity index (χ0) is 12.7. The highest BCUT2D eigenvalue weighted by atomic mass is 16.3. The van der Waals surface area contributed by atoms with Gasteiger partial charge in [0.15, 0.2) is 0 Å². The molecule has 0 fully saturated rings. The molecule has 1 heterocycles. The third kappa shape index (κ3) is 3.92. The Hall–Kier alpha value is -1.24. The molecule has 0 spiro atoms. The van der Waals surface area contributed by atoms with E-state index in [1.807, 2.05) is 12.1 Å². The molecule has 1 rings (SSSR count). The highest BCUT2D eigenvalue weighted by Crippen LogP contribution is 2.17. The number of hydrogen-bond acceptors (Lipinski definition) is 3. The Morgan fingerprint density at radius 2 is 2.24 bits per heavy atom. The summed E-state index contributed by atoms with van der Waals surface area (Å²) in [6.07, 6.45) is 8.39. The summed E-state index contributed by atoms with van der Waals surface area (Å²) in [5.74, 6) is 4.61. The second kappa shape index (κ2) is 7.16. The van der Waals surface area contributed by atoms with Crippen LogP contribution in [0.4, 0.5) is 0 Å². The molecule has 0 aliphatic carbocycles. The predicted octanol–water partition coefficient (Wildman–Crippen LogP) is 2.23. The van der Waals surface area contributed by atoms with E-state index in [4.69, 9.17) is 16.6 Å². The van der Waals surface area contributed by atoms with Gasteiger partial charge in [-0.25, -0.2) is 0 Å². The first-order chi connectivity index (χ1) is 8.24. The fourth-order valence-corrected chi connectivity index (χ4v) is 1.78. The van der Waals surface area contributed by atoms with Crippen molar-refractivity contribution in [2.75, 3.05) is 6.54 Å². The lowest BCUT2D eigenvalue weighted by Gasteiger charge is -2.19. The van der Waals surface area contributed by atoms with Crippen LogP contribution in [0.2, 0.25) is 0 Å². The van der Waals surface area contributed by atoms with Crippen LogP contribution in [0, 0.1) is 12.3 Å². The van der Waals surface area contributed by atoms with E-state index in [9.17, 15) is 0 Å². The Morgan fingerprint density at radius 3 is 2.71 bits per heavy atom. The average Bonchev–Trinajstić information content (AvgIpc) is 2.83. The number of hydrogen-bond donors (Lipinski definition) is 2. The van der Waals surface area contributed by atoms with Gasteiger partial charge in [-0.1, -0.05) is 26.2 Å². The van der Waals surface area contributed by atoms with Gasteiger partial charge in [0, 0.05) is 13.0 Å². The monoisotopic (exact) mass is 234 g/mol. The number of nitrogens with two attached hydrogens (primary N) is 1. The number of nitrogens with one attached hydrogen (secondary N) is 1. The van der Waals surface area contributed by atoms with E-state index >= 15 is 0 Å². The van der Waals surface area contributed by atoms with Crippen molar-refractivity contribution in [3.63, 3.8) is 0 Å². The van der Waals surface area contributed by atoms with Gasteiger partial charge in [-0.3, -0.25) is 5.32 Å². The summed E-state index contributed by atoms with van der Waals surface area (Å²) in [7, 11) is 0. The smallest absolute Gasteiger partial charge is 0.122 e. The van der Waals surface area contributed by atoms with Crippen LogP contribution in [-0.4, -0.2) is 12.6 Å². The van der Waals surface area contributed by atoms with E-state index in [0.717, 1.165) is 30.8 Å². The Kier molecular flexibility index (Phi) is 5.82. The van der Waals surface area contributed by atoms with Gasteiger partial charge in [0.2, 0.25) is 0 Å². The van der Waals surface area contributed by atoms with Crippen molar-refractivity contribution < 1.29 is 4.42 Å². The molecule has 1 aromatic heterocycles. The Balaban J connectivity index is 2.67. The molecular weight excluding hydrogens is 212 g/mol. The second-order valence-corrected chi connectivity index (χ2v) is 4.12. The predicted molar refractivity (Wildman–Crippen MR) is 70.5 cm³/mol. The fraction of sp³-hybridized carbons (Fsp3) is 0.571. The summed E-state index contributed by atoms with van der Waals surface area (Å²) in [5, 5.41) is 3.35. The van der Waals surface area contributed by atoms with Crippen molar-refractivity contribution in [3.8, 4) is 12.3 Å². The minimum atomic E-state index is 0.00269. The first-order valence-corrected chi connectivity index (χ1v) is 6.25. The Morgan fingerprint density at radius 1 is 1.47 bits per heavy atom. The molecule has 94 valence electrons. The first-order valence-electron chi connectivity index (χ1n) is 6.25. The quantitative estimate of drug-likeness (QED) is 0.711. The van der Waals surface area contributed by atoms with Gasteiger partial charge in [0.05, 0.1) is 12.1 Å². The molecule has 0 amide bonds. The van der Waals surface area contributed by atoms with Gasteiger partial charge < -0.3 is 10.2 Å². The minimum Gasteiger partial charge on any atom is -0.464 e. The number of terminal acetylenes is 1. The highest BCUT2D eigenvalue weighted by molar-refractivity contribution is 5.13. The van der Waals surface area contributed by atoms with Crippen LogP contribution < -0.4 is 11.1 Å². The third-order valence-electron chi connectivity index (χ3n) is 2.79. The van der Waals surface area contributed by atoms with Gasteiger partial charge in [-0.15, -0.1) is 6.42 Å². The lowest BCUT2D eigenvalue weighted by molar-refractivity contribution is 0.379. The standard InChI is InChI=1S/C14H22N2O/c1-4-7-11(5-2)16-13(10-15)14-9-8-12(6-3)17-14/h2,8-9,11,13,16H,4,6-7,10,15H2,1,3H3. The van der Waals surface area contributed by atoms with Crippen molar-refractivity contribution in [1.29, 1.82) is 0 Å². The van der Waals surface area contributed by atoms with Crippen molar-refractivity contribution in [2.45, 2.75) is 45.2 Å². The van der Waals surface area contributed by atoms with Gasteiger partial charge in [-0.05, 0) is 18.6 Å². The summed E-state index contributed by atoms with van der Waals surface area (Å²) in [5.41, 5.74) is 5.76. The number of aryl methyl sites for hydroxylation is 1.